The molecule has 9 rings (SSSR count). The minimum atomic E-state index is -1.80. The summed E-state index contributed by atoms with van der Waals surface area (Å²) in [6.07, 6.45) is -15.3. The maximum atomic E-state index is 13.0. The van der Waals surface area contributed by atoms with Crippen molar-refractivity contribution in [2.75, 3.05) is 13.2 Å². The Morgan fingerprint density at radius 1 is 0.398 bits per heavy atom. The Balaban J connectivity index is 1.08. The van der Waals surface area contributed by atoms with Crippen LogP contribution < -0.4 is 0 Å². The van der Waals surface area contributed by atoms with E-state index in [2.05, 4.69) is 40.1 Å². The zero-order valence-electron chi connectivity index (χ0n) is 45.2. The van der Waals surface area contributed by atoms with Crippen molar-refractivity contribution < 1.29 is 52.5 Å². The lowest BCUT2D eigenvalue weighted by Crippen LogP contribution is -2.66. The summed E-state index contributed by atoms with van der Waals surface area (Å²) >= 11 is 0. The summed E-state index contributed by atoms with van der Waals surface area (Å²) in [5, 5.41) is 29.4. The fourth-order valence-electron chi connectivity index (χ4n) is 10.4. The number of ether oxygens (including phenoxy) is 10. The van der Waals surface area contributed by atoms with Crippen molar-refractivity contribution in [3.05, 3.63) is 257 Å². The van der Waals surface area contributed by atoms with Crippen molar-refractivity contribution >= 4 is 0 Å². The molecule has 430 valence electrons. The van der Waals surface area contributed by atoms with Gasteiger partial charge in [-0.3, -0.25) is 0 Å². The van der Waals surface area contributed by atoms with E-state index >= 15 is 0 Å². The van der Waals surface area contributed by atoms with E-state index in [0.29, 0.717) is 0 Å². The number of azide groups is 4. The molecule has 15 atom stereocenters. The maximum Gasteiger partial charge on any atom is 0.187 e. The van der Waals surface area contributed by atoms with Crippen molar-refractivity contribution in [3.63, 3.8) is 0 Å². The molecule has 1 aliphatic carbocycles. The minimum Gasteiger partial charge on any atom is -0.388 e. The van der Waals surface area contributed by atoms with Crippen LogP contribution in [0.25, 0.3) is 41.8 Å². The molecule has 1 saturated carbocycles. The number of aliphatic hydroxyl groups is 1. The summed E-state index contributed by atoms with van der Waals surface area (Å²) in [5.74, 6) is 0. The van der Waals surface area contributed by atoms with Crippen LogP contribution in [0.5, 0.6) is 0 Å². The van der Waals surface area contributed by atoms with Gasteiger partial charge in [-0.1, -0.05) is 202 Å². The van der Waals surface area contributed by atoms with Crippen LogP contribution >= 0.6 is 0 Å². The Labute approximate surface area is 479 Å². The van der Waals surface area contributed by atoms with Gasteiger partial charge in [0.25, 0.3) is 0 Å². The van der Waals surface area contributed by atoms with Gasteiger partial charge in [-0.05, 0) is 61.9 Å². The van der Waals surface area contributed by atoms with Crippen molar-refractivity contribution in [1.82, 2.24) is 0 Å². The van der Waals surface area contributed by atoms with E-state index in [1.807, 2.05) is 182 Å². The fraction of sp³-hybridized carbons (Fsp3) is 0.400. The SMILES string of the molecule is [N-]=[N+]=NC[C@H]1O[C@H](O[C@H]2[C@H](O)[C@@H](O[C@H]3O[C@H](COCc4ccccc4)[C@@H](OCc4ccccc4)[C@H](N=[N+]=[N-])[C@H]3OCc3ccccc3)[C@H](N=[N+]=[N-])C[C@@H]2N=[N+]=[N-])[C@H](OCc2ccccc2)[C@@H](OCc2ccccc2)[C@@H]1OCc1ccccc1. The predicted molar refractivity (Wildman–Crippen MR) is 302 cm³/mol. The number of hydrogen-bond acceptors (Lipinski definition) is 15. The van der Waals surface area contributed by atoms with Gasteiger partial charge in [-0.2, -0.15) is 0 Å². The van der Waals surface area contributed by atoms with E-state index in [0.717, 1.165) is 33.4 Å². The average molecular weight is 1130 g/mol. The average Bonchev–Trinajstić information content (AvgIpc) is 3.72. The lowest BCUT2D eigenvalue weighted by atomic mass is 9.84. The van der Waals surface area contributed by atoms with Gasteiger partial charge in [0.1, 0.15) is 36.6 Å². The molecule has 6 aromatic carbocycles. The highest BCUT2D eigenvalue weighted by Gasteiger charge is 2.55. The molecule has 2 aliphatic heterocycles. The van der Waals surface area contributed by atoms with Gasteiger partial charge in [0, 0.05) is 19.6 Å². The minimum absolute atomic E-state index is 0.00554. The molecule has 0 spiro atoms. The molecule has 3 aliphatic rings. The zero-order chi connectivity index (χ0) is 57.4. The predicted octanol–water partition coefficient (Wildman–Crippen LogP) is 11.5. The number of hydrogen-bond donors (Lipinski definition) is 1. The molecule has 83 heavy (non-hydrogen) atoms. The molecule has 3 fully saturated rings. The zero-order valence-corrected chi connectivity index (χ0v) is 45.2. The molecule has 2 heterocycles. The summed E-state index contributed by atoms with van der Waals surface area (Å²) in [5.41, 5.74) is 45.2. The molecule has 0 radical (unpaired) electrons. The number of benzene rings is 6. The second kappa shape index (κ2) is 31.5. The summed E-state index contributed by atoms with van der Waals surface area (Å²) < 4.78 is 67.4. The molecular weight excluding hydrogens is 1060 g/mol. The van der Waals surface area contributed by atoms with Crippen LogP contribution in [0, 0.1) is 0 Å². The quantitative estimate of drug-likeness (QED) is 0.0273. The van der Waals surface area contributed by atoms with Gasteiger partial charge in [0.2, 0.25) is 0 Å². The van der Waals surface area contributed by atoms with E-state index in [9.17, 15) is 27.2 Å². The summed E-state index contributed by atoms with van der Waals surface area (Å²) in [4.78, 5) is 12.6. The van der Waals surface area contributed by atoms with Crippen molar-refractivity contribution in [2.45, 2.75) is 138 Å². The van der Waals surface area contributed by atoms with Crippen LogP contribution in [0.3, 0.4) is 0 Å². The van der Waals surface area contributed by atoms with Crippen LogP contribution in [0.1, 0.15) is 39.8 Å². The van der Waals surface area contributed by atoms with Crippen molar-refractivity contribution in [2.24, 2.45) is 20.5 Å². The van der Waals surface area contributed by atoms with Gasteiger partial charge in [0.05, 0.1) is 95.3 Å². The van der Waals surface area contributed by atoms with E-state index in [1.165, 1.54) is 0 Å². The number of rotatable bonds is 28. The monoisotopic (exact) mass is 1130 g/mol. The first-order valence-corrected chi connectivity index (χ1v) is 27.3. The number of nitrogens with zero attached hydrogens (tertiary/aromatic N) is 12. The maximum absolute atomic E-state index is 13.0. The van der Waals surface area contributed by atoms with Crippen molar-refractivity contribution in [1.29, 1.82) is 0 Å². The Bertz CT molecular complexity index is 3090. The number of aliphatic hydroxyl groups excluding tert-OH is 1. The second-order valence-corrected chi connectivity index (χ2v) is 20.0. The van der Waals surface area contributed by atoms with E-state index in [1.54, 1.807) is 0 Å². The molecule has 0 amide bonds. The molecule has 23 nitrogen and oxygen atoms in total. The molecule has 0 aromatic heterocycles. The Morgan fingerprint density at radius 2 is 0.759 bits per heavy atom. The Morgan fingerprint density at radius 3 is 1.18 bits per heavy atom. The molecular formula is C60H64N12O11. The van der Waals surface area contributed by atoms with Gasteiger partial charge in [0.15, 0.2) is 12.6 Å². The lowest BCUT2D eigenvalue weighted by molar-refractivity contribution is -0.348. The first-order chi connectivity index (χ1) is 40.9. The summed E-state index contributed by atoms with van der Waals surface area (Å²) in [7, 11) is 0. The largest absolute Gasteiger partial charge is 0.388 e. The van der Waals surface area contributed by atoms with E-state index < -0.39 is 91.7 Å². The molecule has 6 aromatic rings. The van der Waals surface area contributed by atoms with Crippen LogP contribution in [-0.2, 0) is 87.0 Å². The van der Waals surface area contributed by atoms with E-state index in [4.69, 9.17) is 47.4 Å². The highest BCUT2D eigenvalue weighted by atomic mass is 16.7. The highest BCUT2D eigenvalue weighted by Crippen LogP contribution is 2.39. The molecule has 1 N–H and O–H groups in total. The molecule has 0 unspecified atom stereocenters. The van der Waals surface area contributed by atoms with Crippen LogP contribution in [-0.4, -0.2) is 110 Å². The first-order valence-electron chi connectivity index (χ1n) is 27.3. The smallest absolute Gasteiger partial charge is 0.187 e. The van der Waals surface area contributed by atoms with Crippen LogP contribution in [0.15, 0.2) is 202 Å². The fourth-order valence-corrected chi connectivity index (χ4v) is 10.4. The van der Waals surface area contributed by atoms with E-state index in [-0.39, 0.29) is 59.2 Å². The second-order valence-electron chi connectivity index (χ2n) is 20.0. The van der Waals surface area contributed by atoms with Gasteiger partial charge in [-0.15, -0.1) is 0 Å². The van der Waals surface area contributed by atoms with Gasteiger partial charge < -0.3 is 52.5 Å². The summed E-state index contributed by atoms with van der Waals surface area (Å²) in [6.45, 7) is 0.190. The third-order valence-electron chi connectivity index (χ3n) is 14.4. The Kier molecular flexibility index (Phi) is 22.7. The third kappa shape index (κ3) is 16.7. The van der Waals surface area contributed by atoms with Gasteiger partial charge in [-0.25, -0.2) is 0 Å². The van der Waals surface area contributed by atoms with Gasteiger partial charge >= 0.3 is 0 Å². The van der Waals surface area contributed by atoms with Crippen LogP contribution in [0.2, 0.25) is 0 Å². The molecule has 0 bridgehead atoms. The summed E-state index contributed by atoms with van der Waals surface area (Å²) in [6, 6.07) is 53.1. The topological polar surface area (TPSA) is 308 Å². The standard InChI is InChI=1S/C60H64N12O11/c61-69-65-32-48-55(76-35-42-23-11-3-12-24-42)57(78-37-44-27-15-5-16-28-44)58(79-38-45-29-17-6-18-30-45)60(80-48)83-53-47(67-71-63)31-46(66-70-62)52(51(53)73)82-59-56(77-36-43-25-13-4-14-26-43)50(68-72-64)54(75-34-41-21-9-2-10-22-41)49(81-59)39-74-33-40-19-7-1-8-20-40/h1-30,46-60,73H,31-39H2/t46-,47+,48-,49-,50+,51-,52+,53-,54-,55-,56-,57+,58-,59-,60-/m1/s1. The molecule has 2 saturated heterocycles. The van der Waals surface area contributed by atoms with Crippen LogP contribution in [0.4, 0.5) is 0 Å². The normalized spacial score (nSPS) is 27.6. The van der Waals surface area contributed by atoms with Crippen molar-refractivity contribution in [3.8, 4) is 0 Å². The lowest BCUT2D eigenvalue weighted by Gasteiger charge is -2.50. The third-order valence-corrected chi connectivity index (χ3v) is 14.4. The first kappa shape index (κ1) is 59.7. The highest BCUT2D eigenvalue weighted by molar-refractivity contribution is 5.19. The Hall–Kier alpha value is -7.88. The molecule has 23 heteroatoms.